The maximum atomic E-state index is 12.3. The van der Waals surface area contributed by atoms with Crippen LogP contribution in [0.3, 0.4) is 0 Å². The Morgan fingerprint density at radius 3 is 2.59 bits per heavy atom. The summed E-state index contributed by atoms with van der Waals surface area (Å²) in [5.74, 6) is -0.00350. The molecule has 2 aromatic rings. The van der Waals surface area contributed by atoms with Crippen molar-refractivity contribution in [2.75, 3.05) is 0 Å². The first-order chi connectivity index (χ1) is 8.13. The monoisotopic (exact) mass is 292 g/mol. The predicted molar refractivity (Wildman–Crippen MR) is 70.2 cm³/mol. The van der Waals surface area contributed by atoms with Crippen molar-refractivity contribution in [1.82, 2.24) is 9.78 Å². The summed E-state index contributed by atoms with van der Waals surface area (Å²) in [6.45, 7) is 4.64. The first-order valence-electron chi connectivity index (χ1n) is 5.46. The molecule has 88 valence electrons. The summed E-state index contributed by atoms with van der Waals surface area (Å²) in [5, 5.41) is 4.15. The van der Waals surface area contributed by atoms with Gasteiger partial charge in [0.05, 0.1) is 10.7 Å². The fraction of sp³-hybridized carbons (Fsp3) is 0.231. The molecule has 3 nitrogen and oxygen atoms in total. The molecule has 0 N–H and O–H groups in total. The molecule has 1 aromatic heterocycles. The molecule has 0 unspecified atom stereocenters. The topological polar surface area (TPSA) is 34.9 Å². The van der Waals surface area contributed by atoms with Gasteiger partial charge in [0.1, 0.15) is 5.69 Å². The van der Waals surface area contributed by atoms with E-state index in [2.05, 4.69) is 21.0 Å². The number of rotatable bonds is 3. The van der Waals surface area contributed by atoms with Gasteiger partial charge in [-0.05, 0) is 29.8 Å². The van der Waals surface area contributed by atoms with Crippen LogP contribution in [-0.4, -0.2) is 15.6 Å². The van der Waals surface area contributed by atoms with Crippen molar-refractivity contribution < 1.29 is 4.79 Å². The number of hydrogen-bond acceptors (Lipinski definition) is 2. The summed E-state index contributed by atoms with van der Waals surface area (Å²) < 4.78 is 2.44. The lowest BCUT2D eigenvalue weighted by atomic mass is 10.1. The van der Waals surface area contributed by atoms with Gasteiger partial charge in [-0.25, -0.2) is 0 Å². The maximum Gasteiger partial charge on any atom is 0.212 e. The highest BCUT2D eigenvalue weighted by atomic mass is 79.9. The normalized spacial score (nSPS) is 10.5. The Balaban J connectivity index is 2.43. The van der Waals surface area contributed by atoms with E-state index in [0.717, 1.165) is 10.0 Å². The predicted octanol–water partition coefficient (Wildman–Crippen LogP) is 3.20. The third-order valence-corrected chi connectivity index (χ3v) is 3.20. The Kier molecular flexibility index (Phi) is 3.43. The number of aromatic nitrogens is 2. The smallest absolute Gasteiger partial charge is 0.212 e. The molecule has 0 saturated heterocycles. The highest BCUT2D eigenvalue weighted by molar-refractivity contribution is 9.10. The second kappa shape index (κ2) is 4.84. The van der Waals surface area contributed by atoms with Crippen LogP contribution in [0.15, 0.2) is 34.9 Å². The second-order valence-electron chi connectivity index (χ2n) is 3.85. The lowest BCUT2D eigenvalue weighted by molar-refractivity contribution is 0.102. The Hall–Kier alpha value is -1.42. The van der Waals surface area contributed by atoms with Gasteiger partial charge < -0.3 is 0 Å². The second-order valence-corrected chi connectivity index (χ2v) is 4.71. The molecule has 4 heteroatoms. The van der Waals surface area contributed by atoms with E-state index in [1.807, 2.05) is 38.1 Å². The largest absolute Gasteiger partial charge is 0.287 e. The van der Waals surface area contributed by atoms with E-state index in [4.69, 9.17) is 0 Å². The molecule has 0 bridgehead atoms. The van der Waals surface area contributed by atoms with Gasteiger partial charge in [0.2, 0.25) is 5.78 Å². The van der Waals surface area contributed by atoms with E-state index in [-0.39, 0.29) is 5.78 Å². The van der Waals surface area contributed by atoms with Crippen molar-refractivity contribution in [1.29, 1.82) is 0 Å². The highest BCUT2D eigenvalue weighted by Crippen LogP contribution is 2.20. The molecule has 0 spiro atoms. The van der Waals surface area contributed by atoms with Crippen LogP contribution in [0.25, 0.3) is 0 Å². The number of ketones is 1. The summed E-state index contributed by atoms with van der Waals surface area (Å²) >= 11 is 3.37. The molecule has 0 fully saturated rings. The van der Waals surface area contributed by atoms with E-state index >= 15 is 0 Å². The lowest BCUT2D eigenvalue weighted by Gasteiger charge is -2.05. The summed E-state index contributed by atoms with van der Waals surface area (Å²) in [6, 6.07) is 7.57. The number of carbonyl (C=O) groups is 1. The van der Waals surface area contributed by atoms with E-state index in [0.29, 0.717) is 17.8 Å². The lowest BCUT2D eigenvalue weighted by Crippen LogP contribution is -2.11. The molecule has 0 aliphatic carbocycles. The van der Waals surface area contributed by atoms with Gasteiger partial charge in [-0.2, -0.15) is 5.10 Å². The third-order valence-electron chi connectivity index (χ3n) is 2.62. The quantitative estimate of drug-likeness (QED) is 0.814. The van der Waals surface area contributed by atoms with Crippen molar-refractivity contribution in [2.24, 2.45) is 0 Å². The first-order valence-corrected chi connectivity index (χ1v) is 6.25. The van der Waals surface area contributed by atoms with Crippen molar-refractivity contribution in [3.8, 4) is 0 Å². The minimum absolute atomic E-state index is 0.00350. The zero-order chi connectivity index (χ0) is 12.4. The Bertz CT molecular complexity index is 543. The zero-order valence-corrected chi connectivity index (χ0v) is 11.4. The van der Waals surface area contributed by atoms with Gasteiger partial charge in [0.25, 0.3) is 0 Å². The van der Waals surface area contributed by atoms with Crippen LogP contribution in [-0.2, 0) is 6.54 Å². The fourth-order valence-electron chi connectivity index (χ4n) is 1.67. The van der Waals surface area contributed by atoms with Gasteiger partial charge in [-0.3, -0.25) is 9.48 Å². The minimum atomic E-state index is -0.00350. The molecule has 0 aliphatic heterocycles. The van der Waals surface area contributed by atoms with Crippen molar-refractivity contribution in [3.05, 3.63) is 51.8 Å². The molecule has 0 atom stereocenters. The molecular formula is C13H13BrN2O. The molecule has 0 saturated carbocycles. The number of carbonyl (C=O) groups excluding carboxylic acids is 1. The van der Waals surface area contributed by atoms with Crippen LogP contribution in [0.4, 0.5) is 0 Å². The van der Waals surface area contributed by atoms with Crippen molar-refractivity contribution in [2.45, 2.75) is 20.4 Å². The summed E-state index contributed by atoms with van der Waals surface area (Å²) in [6.07, 6.45) is 1.66. The van der Waals surface area contributed by atoms with Crippen LogP contribution in [0.5, 0.6) is 0 Å². The van der Waals surface area contributed by atoms with Gasteiger partial charge >= 0.3 is 0 Å². The fourth-order valence-corrected chi connectivity index (χ4v) is 2.15. The van der Waals surface area contributed by atoms with Crippen LogP contribution >= 0.6 is 15.9 Å². The summed E-state index contributed by atoms with van der Waals surface area (Å²) in [4.78, 5) is 12.3. The van der Waals surface area contributed by atoms with E-state index in [1.165, 1.54) is 0 Å². The Morgan fingerprint density at radius 2 is 2.00 bits per heavy atom. The maximum absolute atomic E-state index is 12.3. The number of nitrogens with zero attached hydrogens (tertiary/aromatic N) is 2. The molecule has 0 aliphatic rings. The molecular weight excluding hydrogens is 280 g/mol. The molecule has 1 aromatic carbocycles. The minimum Gasteiger partial charge on any atom is -0.287 e. The number of aryl methyl sites for hydroxylation is 2. The average Bonchev–Trinajstić information content (AvgIpc) is 2.70. The molecule has 1 heterocycles. The SMILES string of the molecule is CCn1ncc(Br)c1C(=O)c1ccc(C)cc1. The van der Waals surface area contributed by atoms with Crippen LogP contribution in [0.2, 0.25) is 0 Å². The summed E-state index contributed by atoms with van der Waals surface area (Å²) in [5.41, 5.74) is 2.44. The van der Waals surface area contributed by atoms with Gasteiger partial charge in [0.15, 0.2) is 0 Å². The zero-order valence-electron chi connectivity index (χ0n) is 9.77. The molecule has 17 heavy (non-hydrogen) atoms. The third kappa shape index (κ3) is 2.31. The highest BCUT2D eigenvalue weighted by Gasteiger charge is 2.17. The number of halogens is 1. The van der Waals surface area contributed by atoms with Gasteiger partial charge in [0, 0.05) is 12.1 Å². The Labute approximate surface area is 109 Å². The standard InChI is InChI=1S/C13H13BrN2O/c1-3-16-12(11(14)8-15-16)13(17)10-6-4-9(2)5-7-10/h4-8H,3H2,1-2H3. The molecule has 0 radical (unpaired) electrons. The van der Waals surface area contributed by atoms with Crippen molar-refractivity contribution in [3.63, 3.8) is 0 Å². The Morgan fingerprint density at radius 1 is 1.35 bits per heavy atom. The van der Waals surface area contributed by atoms with E-state index in [1.54, 1.807) is 10.9 Å². The first kappa shape index (κ1) is 12.0. The molecule has 0 amide bonds. The van der Waals surface area contributed by atoms with Crippen LogP contribution in [0.1, 0.15) is 28.5 Å². The van der Waals surface area contributed by atoms with E-state index in [9.17, 15) is 4.79 Å². The van der Waals surface area contributed by atoms with Crippen LogP contribution < -0.4 is 0 Å². The number of hydrogen-bond donors (Lipinski definition) is 0. The van der Waals surface area contributed by atoms with Gasteiger partial charge in [-0.1, -0.05) is 29.8 Å². The summed E-state index contributed by atoms with van der Waals surface area (Å²) in [7, 11) is 0. The number of benzene rings is 1. The van der Waals surface area contributed by atoms with E-state index < -0.39 is 0 Å². The molecule has 2 rings (SSSR count). The van der Waals surface area contributed by atoms with Crippen LogP contribution in [0, 0.1) is 6.92 Å². The van der Waals surface area contributed by atoms with Crippen molar-refractivity contribution >= 4 is 21.7 Å². The van der Waals surface area contributed by atoms with Gasteiger partial charge in [-0.15, -0.1) is 0 Å². The average molecular weight is 293 g/mol.